The molecule has 0 fully saturated rings. The van der Waals surface area contributed by atoms with E-state index in [1.807, 2.05) is 42.5 Å². The van der Waals surface area contributed by atoms with Crippen molar-refractivity contribution < 1.29 is 23.9 Å². The number of hydrogen-bond donors (Lipinski definition) is 3. The lowest BCUT2D eigenvalue weighted by Crippen LogP contribution is -2.52. The maximum absolute atomic E-state index is 14.5. The summed E-state index contributed by atoms with van der Waals surface area (Å²) in [5, 5.41) is 7.64. The summed E-state index contributed by atoms with van der Waals surface area (Å²) in [7, 11) is 0. The molecule has 3 aromatic carbocycles. The molecular weight excluding hydrogens is 592 g/mol. The highest BCUT2D eigenvalue weighted by molar-refractivity contribution is 6.00. The van der Waals surface area contributed by atoms with Gasteiger partial charge in [-0.25, -0.2) is 4.79 Å². The Balaban J connectivity index is 2.04. The summed E-state index contributed by atoms with van der Waals surface area (Å²) >= 11 is 0. The predicted octanol–water partition coefficient (Wildman–Crippen LogP) is 6.85. The predicted molar refractivity (Wildman–Crippen MR) is 186 cm³/mol. The number of terminal acetylenes is 1. The van der Waals surface area contributed by atoms with Crippen LogP contribution in [0.3, 0.4) is 0 Å². The summed E-state index contributed by atoms with van der Waals surface area (Å²) in [6, 6.07) is 18.1. The number of unbranched alkanes of at least 4 members (excludes halogenated alkanes) is 5. The fraction of sp³-hybridized carbons (Fsp3) is 0.421. The molecule has 0 bridgehead atoms. The highest BCUT2D eigenvalue weighted by Crippen LogP contribution is 2.27. The van der Waals surface area contributed by atoms with Crippen molar-refractivity contribution in [3.05, 3.63) is 77.9 Å². The second kappa shape index (κ2) is 17.7. The molecule has 0 aliphatic carbocycles. The van der Waals surface area contributed by atoms with Crippen molar-refractivity contribution in [1.82, 2.24) is 10.2 Å². The quantitative estimate of drug-likeness (QED) is 0.116. The normalized spacial score (nSPS) is 12.4. The minimum absolute atomic E-state index is 0.0601. The zero-order valence-electron chi connectivity index (χ0n) is 28.0. The van der Waals surface area contributed by atoms with Crippen LogP contribution >= 0.6 is 0 Å². The van der Waals surface area contributed by atoms with Crippen molar-refractivity contribution in [3.63, 3.8) is 0 Å². The molecule has 2 atom stereocenters. The third kappa shape index (κ3) is 11.8. The highest BCUT2D eigenvalue weighted by Gasteiger charge is 2.36. The second-order valence-electron chi connectivity index (χ2n) is 12.7. The molecular formula is C38H48N4O5. The van der Waals surface area contributed by atoms with E-state index < -0.39 is 41.5 Å². The first-order valence-corrected chi connectivity index (χ1v) is 16.4. The summed E-state index contributed by atoms with van der Waals surface area (Å²) < 4.78 is 5.44. The largest absolute Gasteiger partial charge is 0.444 e. The zero-order valence-corrected chi connectivity index (χ0v) is 28.0. The van der Waals surface area contributed by atoms with E-state index in [9.17, 15) is 19.2 Å². The molecule has 0 aliphatic rings. The number of anilines is 1. The van der Waals surface area contributed by atoms with Crippen molar-refractivity contribution in [1.29, 1.82) is 0 Å². The number of amides is 4. The van der Waals surface area contributed by atoms with Gasteiger partial charge in [-0.15, -0.1) is 6.42 Å². The van der Waals surface area contributed by atoms with Gasteiger partial charge in [-0.1, -0.05) is 87.4 Å². The molecule has 0 heterocycles. The van der Waals surface area contributed by atoms with Crippen LogP contribution in [0, 0.1) is 12.3 Å². The first kappa shape index (κ1) is 36.6. The van der Waals surface area contributed by atoms with E-state index in [1.54, 1.807) is 45.0 Å². The third-order valence-electron chi connectivity index (χ3n) is 7.67. The fourth-order valence-electron chi connectivity index (χ4n) is 5.34. The minimum atomic E-state index is -1.17. The monoisotopic (exact) mass is 640 g/mol. The fourth-order valence-corrected chi connectivity index (χ4v) is 5.34. The Morgan fingerprint density at radius 1 is 0.915 bits per heavy atom. The van der Waals surface area contributed by atoms with E-state index in [2.05, 4.69) is 23.5 Å². The van der Waals surface area contributed by atoms with Gasteiger partial charge in [-0.3, -0.25) is 14.4 Å². The summed E-state index contributed by atoms with van der Waals surface area (Å²) in [6.07, 6.45) is 10.4. The Kier molecular flexibility index (Phi) is 13.8. The molecule has 0 radical (unpaired) electrons. The van der Waals surface area contributed by atoms with Crippen LogP contribution in [0.5, 0.6) is 0 Å². The van der Waals surface area contributed by atoms with Crippen LogP contribution in [0.4, 0.5) is 10.5 Å². The number of primary amides is 1. The van der Waals surface area contributed by atoms with Gasteiger partial charge in [0.15, 0.2) is 0 Å². The maximum atomic E-state index is 14.5. The van der Waals surface area contributed by atoms with E-state index in [0.29, 0.717) is 23.2 Å². The molecule has 250 valence electrons. The number of hydrogen-bond acceptors (Lipinski definition) is 5. The van der Waals surface area contributed by atoms with Crippen molar-refractivity contribution in [2.45, 2.75) is 96.7 Å². The number of benzene rings is 3. The van der Waals surface area contributed by atoms with Gasteiger partial charge in [-0.2, -0.15) is 0 Å². The van der Waals surface area contributed by atoms with Gasteiger partial charge < -0.3 is 26.0 Å². The van der Waals surface area contributed by atoms with E-state index in [4.69, 9.17) is 16.9 Å². The molecule has 0 saturated heterocycles. The molecule has 47 heavy (non-hydrogen) atoms. The Labute approximate surface area is 278 Å². The van der Waals surface area contributed by atoms with Crippen molar-refractivity contribution in [2.75, 3.05) is 11.9 Å². The average Bonchev–Trinajstić information content (AvgIpc) is 3.03. The molecule has 0 aromatic heterocycles. The molecule has 0 spiro atoms. The molecule has 2 unspecified atom stereocenters. The standard InChI is InChI=1S/C38H48N4O5/c1-6-8-9-10-11-14-25-42(36(45)32(23-24-33(39)43)41-37(46)47-38(3,4)5)34(29-19-17-27(7-2)18-20-29)35(44)40-31-22-21-28-15-12-13-16-30(28)26-31/h2,12-13,15-22,26,32,34H,6,8-11,14,23-25H2,1,3-5H3,(H2,39,43)(H,40,44)(H,41,46). The van der Waals surface area contributed by atoms with Gasteiger partial charge >= 0.3 is 6.09 Å². The lowest BCUT2D eigenvalue weighted by molar-refractivity contribution is -0.141. The molecule has 4 N–H and O–H groups in total. The molecule has 4 amide bonds. The van der Waals surface area contributed by atoms with Crippen LogP contribution in [0.25, 0.3) is 10.8 Å². The van der Waals surface area contributed by atoms with Gasteiger partial charge in [0.2, 0.25) is 11.8 Å². The number of nitrogens with two attached hydrogens (primary N) is 1. The Hall–Kier alpha value is -4.84. The number of ether oxygens (including phenoxy) is 1. The van der Waals surface area contributed by atoms with Crippen LogP contribution in [-0.2, 0) is 19.1 Å². The summed E-state index contributed by atoms with van der Waals surface area (Å²) in [4.78, 5) is 54.9. The smallest absolute Gasteiger partial charge is 0.408 e. The van der Waals surface area contributed by atoms with E-state index in [1.165, 1.54) is 4.90 Å². The lowest BCUT2D eigenvalue weighted by atomic mass is 9.99. The molecule has 0 saturated carbocycles. The SMILES string of the molecule is C#Cc1ccc(C(C(=O)Nc2ccc3ccccc3c2)N(CCCCCCCC)C(=O)C(CCC(N)=O)NC(=O)OC(C)(C)C)cc1. The highest BCUT2D eigenvalue weighted by atomic mass is 16.6. The van der Waals surface area contributed by atoms with E-state index in [0.717, 1.165) is 42.9 Å². The van der Waals surface area contributed by atoms with Crippen LogP contribution in [-0.4, -0.2) is 46.9 Å². The number of nitrogens with zero attached hydrogens (tertiary/aromatic N) is 1. The molecule has 0 aliphatic heterocycles. The number of nitrogens with one attached hydrogen (secondary N) is 2. The molecule has 9 heteroatoms. The number of rotatable bonds is 16. The Morgan fingerprint density at radius 3 is 2.21 bits per heavy atom. The number of carbonyl (C=O) groups is 4. The number of fused-ring (bicyclic) bond motifs is 1. The first-order chi connectivity index (χ1) is 22.4. The minimum Gasteiger partial charge on any atom is -0.444 e. The Bertz CT molecular complexity index is 1550. The van der Waals surface area contributed by atoms with Gasteiger partial charge in [0.1, 0.15) is 17.7 Å². The first-order valence-electron chi connectivity index (χ1n) is 16.4. The van der Waals surface area contributed by atoms with Crippen molar-refractivity contribution >= 4 is 40.3 Å². The third-order valence-corrected chi connectivity index (χ3v) is 7.67. The van der Waals surface area contributed by atoms with E-state index >= 15 is 0 Å². The van der Waals surface area contributed by atoms with Gasteiger partial charge in [0.05, 0.1) is 0 Å². The summed E-state index contributed by atoms with van der Waals surface area (Å²) in [6.45, 7) is 7.52. The lowest BCUT2D eigenvalue weighted by Gasteiger charge is -2.34. The second-order valence-corrected chi connectivity index (χ2v) is 12.7. The van der Waals surface area contributed by atoms with Gasteiger partial charge in [0.25, 0.3) is 5.91 Å². The van der Waals surface area contributed by atoms with Crippen LogP contribution < -0.4 is 16.4 Å². The van der Waals surface area contributed by atoms with Crippen molar-refractivity contribution in [3.8, 4) is 12.3 Å². The molecule has 9 nitrogen and oxygen atoms in total. The number of carbonyl (C=O) groups excluding carboxylic acids is 4. The van der Waals surface area contributed by atoms with Gasteiger partial charge in [0, 0.05) is 24.2 Å². The molecule has 3 rings (SSSR count). The summed E-state index contributed by atoms with van der Waals surface area (Å²) in [5.74, 6) is 1.02. The zero-order chi connectivity index (χ0) is 34.4. The van der Waals surface area contributed by atoms with E-state index in [-0.39, 0.29) is 19.4 Å². The topological polar surface area (TPSA) is 131 Å². The Morgan fingerprint density at radius 2 is 1.57 bits per heavy atom. The van der Waals surface area contributed by atoms with Crippen LogP contribution in [0.1, 0.15) is 96.2 Å². The molecule has 3 aromatic rings. The average molecular weight is 641 g/mol. The van der Waals surface area contributed by atoms with Crippen LogP contribution in [0.15, 0.2) is 66.7 Å². The summed E-state index contributed by atoms with van der Waals surface area (Å²) in [5.41, 5.74) is 6.38. The van der Waals surface area contributed by atoms with Crippen LogP contribution in [0.2, 0.25) is 0 Å². The van der Waals surface area contributed by atoms with Crippen molar-refractivity contribution in [2.24, 2.45) is 5.73 Å². The van der Waals surface area contributed by atoms with Gasteiger partial charge in [-0.05, 0) is 74.2 Å². The number of alkyl carbamates (subject to hydrolysis) is 1. The maximum Gasteiger partial charge on any atom is 0.408 e.